The first kappa shape index (κ1) is 22.6. The molecule has 0 radical (unpaired) electrons. The highest BCUT2D eigenvalue weighted by Gasteiger charge is 2.22. The van der Waals surface area contributed by atoms with Crippen LogP contribution >= 0.6 is 23.4 Å². The molecule has 0 bridgehead atoms. The van der Waals surface area contributed by atoms with Crippen LogP contribution in [-0.2, 0) is 17.0 Å². The van der Waals surface area contributed by atoms with E-state index in [1.807, 2.05) is 54.6 Å². The minimum absolute atomic E-state index is 0.135. The summed E-state index contributed by atoms with van der Waals surface area (Å²) in [6.07, 6.45) is 2.21. The summed E-state index contributed by atoms with van der Waals surface area (Å²) in [7, 11) is 0. The van der Waals surface area contributed by atoms with Crippen molar-refractivity contribution in [1.82, 2.24) is 29.7 Å². The lowest BCUT2D eigenvalue weighted by Gasteiger charge is -2.14. The van der Waals surface area contributed by atoms with Crippen molar-refractivity contribution < 1.29 is 4.74 Å². The third kappa shape index (κ3) is 5.46. The molecule has 9 nitrogen and oxygen atoms in total. The Bertz CT molecular complexity index is 1250. The van der Waals surface area contributed by atoms with Crippen LogP contribution in [-0.4, -0.2) is 42.4 Å². The molecule has 1 aliphatic heterocycles. The number of thioether (sulfide) groups is 1. The Kier molecular flexibility index (Phi) is 6.89. The molecule has 2 aromatic heterocycles. The second kappa shape index (κ2) is 10.4. The Hall–Kier alpha value is -3.21. The molecule has 0 aliphatic carbocycles. The molecular weight excluding hydrogens is 472 g/mol. The van der Waals surface area contributed by atoms with Gasteiger partial charge in [0.05, 0.1) is 18.4 Å². The number of para-hydroxylation sites is 1. The summed E-state index contributed by atoms with van der Waals surface area (Å²) >= 11 is 7.57. The van der Waals surface area contributed by atoms with Crippen molar-refractivity contribution in [2.24, 2.45) is 0 Å². The standard InChI is InChI=1S/C23H23ClN8OS/c24-16-10-8-15(9-11-16)20-30-31-23(32(20)13-18-7-4-12-33-18)34-14-19-27-21(25)29-22(28-19)26-17-5-2-1-3-6-17/h1-3,5-6,8-11,18H,4,7,12-14H2,(H3,25,26,27,28,29)/t18-/m0/s1. The molecule has 0 spiro atoms. The number of halogens is 1. The van der Waals surface area contributed by atoms with Crippen molar-refractivity contribution in [2.45, 2.75) is 36.4 Å². The van der Waals surface area contributed by atoms with Gasteiger partial charge in [0, 0.05) is 22.9 Å². The summed E-state index contributed by atoms with van der Waals surface area (Å²) in [6.45, 7) is 1.46. The van der Waals surface area contributed by atoms with E-state index < -0.39 is 0 Å². The number of hydrogen-bond acceptors (Lipinski definition) is 9. The number of nitrogens with zero attached hydrogens (tertiary/aromatic N) is 6. The lowest BCUT2D eigenvalue weighted by Crippen LogP contribution is -2.16. The molecule has 1 aliphatic rings. The minimum Gasteiger partial charge on any atom is -0.376 e. The van der Waals surface area contributed by atoms with Crippen molar-refractivity contribution in [1.29, 1.82) is 0 Å². The van der Waals surface area contributed by atoms with Crippen LogP contribution in [0.1, 0.15) is 18.7 Å². The Labute approximate surface area is 206 Å². The Morgan fingerprint density at radius 3 is 2.65 bits per heavy atom. The van der Waals surface area contributed by atoms with Gasteiger partial charge in [-0.3, -0.25) is 4.57 Å². The average Bonchev–Trinajstić information content (AvgIpc) is 3.49. The summed E-state index contributed by atoms with van der Waals surface area (Å²) < 4.78 is 7.97. The van der Waals surface area contributed by atoms with Crippen LogP contribution in [0.3, 0.4) is 0 Å². The van der Waals surface area contributed by atoms with Crippen LogP contribution in [0.15, 0.2) is 59.8 Å². The fraction of sp³-hybridized carbons (Fsp3) is 0.261. The maximum absolute atomic E-state index is 6.07. The number of benzene rings is 2. The number of nitrogen functional groups attached to an aromatic ring is 1. The molecule has 0 amide bonds. The topological polar surface area (TPSA) is 117 Å². The Morgan fingerprint density at radius 1 is 1.06 bits per heavy atom. The molecule has 1 fully saturated rings. The van der Waals surface area contributed by atoms with Crippen LogP contribution < -0.4 is 11.1 Å². The second-order valence-corrected chi connectivity index (χ2v) is 9.15. The number of rotatable bonds is 8. The van der Waals surface area contributed by atoms with E-state index in [-0.39, 0.29) is 12.1 Å². The van der Waals surface area contributed by atoms with Gasteiger partial charge in [-0.25, -0.2) is 0 Å². The van der Waals surface area contributed by atoms with Gasteiger partial charge < -0.3 is 15.8 Å². The maximum atomic E-state index is 6.07. The Morgan fingerprint density at radius 2 is 1.88 bits per heavy atom. The highest BCUT2D eigenvalue weighted by Crippen LogP contribution is 2.29. The smallest absolute Gasteiger partial charge is 0.232 e. The van der Waals surface area contributed by atoms with Gasteiger partial charge in [0.1, 0.15) is 5.82 Å². The van der Waals surface area contributed by atoms with Crippen LogP contribution in [0.5, 0.6) is 0 Å². The van der Waals surface area contributed by atoms with Gasteiger partial charge in [-0.05, 0) is 49.2 Å². The average molecular weight is 495 g/mol. The molecule has 11 heteroatoms. The molecule has 4 aromatic rings. The molecule has 0 saturated carbocycles. The minimum atomic E-state index is 0.135. The zero-order valence-corrected chi connectivity index (χ0v) is 19.8. The van der Waals surface area contributed by atoms with E-state index in [1.165, 1.54) is 11.8 Å². The maximum Gasteiger partial charge on any atom is 0.232 e. The summed E-state index contributed by atoms with van der Waals surface area (Å²) in [5.41, 5.74) is 7.76. The van der Waals surface area contributed by atoms with Crippen molar-refractivity contribution in [3.05, 3.63) is 65.4 Å². The van der Waals surface area contributed by atoms with Gasteiger partial charge in [0.15, 0.2) is 11.0 Å². The van der Waals surface area contributed by atoms with Gasteiger partial charge >= 0.3 is 0 Å². The van der Waals surface area contributed by atoms with E-state index >= 15 is 0 Å². The van der Waals surface area contributed by atoms with Crippen LogP contribution in [0.2, 0.25) is 5.02 Å². The lowest BCUT2D eigenvalue weighted by atomic mass is 10.2. The molecule has 3 N–H and O–H groups in total. The van der Waals surface area contributed by atoms with Crippen molar-refractivity contribution >= 4 is 40.9 Å². The monoisotopic (exact) mass is 494 g/mol. The summed E-state index contributed by atoms with van der Waals surface area (Å²) in [5, 5.41) is 13.5. The fourth-order valence-electron chi connectivity index (χ4n) is 3.70. The molecule has 1 saturated heterocycles. The van der Waals surface area contributed by atoms with Gasteiger partial charge in [0.2, 0.25) is 11.9 Å². The summed E-state index contributed by atoms with van der Waals surface area (Å²) in [6, 6.07) is 17.3. The van der Waals surface area contributed by atoms with E-state index in [2.05, 4.69) is 35.0 Å². The normalized spacial score (nSPS) is 15.5. The van der Waals surface area contributed by atoms with Crippen molar-refractivity contribution in [3.8, 4) is 11.4 Å². The first-order chi connectivity index (χ1) is 16.6. The third-order valence-electron chi connectivity index (χ3n) is 5.29. The van der Waals surface area contributed by atoms with Crippen LogP contribution in [0, 0.1) is 0 Å². The van der Waals surface area contributed by atoms with Crippen LogP contribution in [0.4, 0.5) is 17.6 Å². The van der Waals surface area contributed by atoms with Gasteiger partial charge in [-0.2, -0.15) is 15.0 Å². The van der Waals surface area contributed by atoms with E-state index in [4.69, 9.17) is 22.1 Å². The third-order valence-corrected chi connectivity index (χ3v) is 6.50. The largest absolute Gasteiger partial charge is 0.376 e. The first-order valence-electron chi connectivity index (χ1n) is 10.9. The first-order valence-corrected chi connectivity index (χ1v) is 12.3. The second-order valence-electron chi connectivity index (χ2n) is 7.77. The van der Waals surface area contributed by atoms with E-state index in [9.17, 15) is 0 Å². The van der Waals surface area contributed by atoms with Crippen LogP contribution in [0.25, 0.3) is 11.4 Å². The number of hydrogen-bond donors (Lipinski definition) is 2. The molecule has 1 atom stereocenters. The number of aromatic nitrogens is 6. The Balaban J connectivity index is 1.37. The number of ether oxygens (including phenoxy) is 1. The molecule has 2 aromatic carbocycles. The van der Waals surface area contributed by atoms with E-state index in [0.717, 1.165) is 41.7 Å². The molecule has 34 heavy (non-hydrogen) atoms. The predicted molar refractivity (Wildman–Crippen MR) is 133 cm³/mol. The van der Waals surface area contributed by atoms with E-state index in [0.29, 0.717) is 29.1 Å². The zero-order chi connectivity index (χ0) is 23.3. The zero-order valence-electron chi connectivity index (χ0n) is 18.3. The number of nitrogens with one attached hydrogen (secondary N) is 1. The van der Waals surface area contributed by atoms with Crippen molar-refractivity contribution in [2.75, 3.05) is 17.7 Å². The fourth-order valence-corrected chi connectivity index (χ4v) is 4.63. The molecule has 3 heterocycles. The SMILES string of the molecule is Nc1nc(CSc2nnc(-c3ccc(Cl)cc3)n2C[C@@H]2CCCO2)nc(Nc2ccccc2)n1. The quantitative estimate of drug-likeness (QED) is 0.339. The highest BCUT2D eigenvalue weighted by molar-refractivity contribution is 7.98. The number of nitrogens with two attached hydrogens (primary N) is 1. The number of anilines is 3. The molecular formula is C23H23ClN8OS. The van der Waals surface area contributed by atoms with Gasteiger partial charge in [-0.15, -0.1) is 10.2 Å². The molecule has 5 rings (SSSR count). The highest BCUT2D eigenvalue weighted by atomic mass is 35.5. The lowest BCUT2D eigenvalue weighted by molar-refractivity contribution is 0.0953. The predicted octanol–water partition coefficient (Wildman–Crippen LogP) is 4.58. The molecule has 174 valence electrons. The molecule has 0 unspecified atom stereocenters. The summed E-state index contributed by atoms with van der Waals surface area (Å²) in [4.78, 5) is 13.0. The van der Waals surface area contributed by atoms with Crippen molar-refractivity contribution in [3.63, 3.8) is 0 Å². The summed E-state index contributed by atoms with van der Waals surface area (Å²) in [5.74, 6) is 2.34. The van der Waals surface area contributed by atoms with Gasteiger partial charge in [0.25, 0.3) is 0 Å². The van der Waals surface area contributed by atoms with E-state index in [1.54, 1.807) is 0 Å². The van der Waals surface area contributed by atoms with Gasteiger partial charge in [-0.1, -0.05) is 41.6 Å².